The predicted molar refractivity (Wildman–Crippen MR) is 46.8 cm³/mol. The Hall–Kier alpha value is -0.980. The van der Waals surface area contributed by atoms with Crippen molar-refractivity contribution in [2.45, 2.75) is 13.8 Å². The van der Waals surface area contributed by atoms with Crippen molar-refractivity contribution in [3.63, 3.8) is 0 Å². The Morgan fingerprint density at radius 1 is 1.50 bits per heavy atom. The Kier molecular flexibility index (Phi) is 4.38. The number of rotatable bonds is 3. The second-order valence-electron chi connectivity index (χ2n) is 2.17. The molecule has 10 heavy (non-hydrogen) atoms. The van der Waals surface area contributed by atoms with Gasteiger partial charge in [-0.15, -0.1) is 0 Å². The third-order valence-electron chi connectivity index (χ3n) is 1.14. The molecular formula is C9H15N. The van der Waals surface area contributed by atoms with Crippen molar-refractivity contribution in [3.8, 4) is 0 Å². The molecule has 0 radical (unpaired) electrons. The molecule has 0 saturated carbocycles. The first kappa shape index (κ1) is 9.02. The van der Waals surface area contributed by atoms with Crippen LogP contribution in [0, 0.1) is 0 Å². The highest BCUT2D eigenvalue weighted by Crippen LogP contribution is 2.06. The molecule has 0 fully saturated rings. The Morgan fingerprint density at radius 2 is 2.10 bits per heavy atom. The quantitative estimate of drug-likeness (QED) is 0.588. The summed E-state index contributed by atoms with van der Waals surface area (Å²) < 4.78 is 0. The average molecular weight is 137 g/mol. The summed E-state index contributed by atoms with van der Waals surface area (Å²) in [6.07, 6.45) is 5.96. The third kappa shape index (κ3) is 3.13. The third-order valence-corrected chi connectivity index (χ3v) is 1.14. The maximum Gasteiger partial charge on any atom is 0.00375 e. The summed E-state index contributed by atoms with van der Waals surface area (Å²) in [5, 5.41) is 2.96. The Morgan fingerprint density at radius 3 is 2.40 bits per heavy atom. The summed E-state index contributed by atoms with van der Waals surface area (Å²) in [6.45, 7) is 7.81. The lowest BCUT2D eigenvalue weighted by atomic mass is 10.1. The summed E-state index contributed by atoms with van der Waals surface area (Å²) in [6, 6.07) is 0. The molecule has 0 aliphatic heterocycles. The molecule has 1 N–H and O–H groups in total. The number of allylic oxidation sites excluding steroid dienone is 4. The molecule has 0 atom stereocenters. The minimum atomic E-state index is 1.08. The first-order valence-corrected chi connectivity index (χ1v) is 3.38. The highest BCUT2D eigenvalue weighted by atomic mass is 14.8. The van der Waals surface area contributed by atoms with Crippen LogP contribution in [0.1, 0.15) is 13.8 Å². The van der Waals surface area contributed by atoms with Gasteiger partial charge in [0.15, 0.2) is 0 Å². The number of hydrogen-bond acceptors (Lipinski definition) is 1. The molecule has 0 aliphatic rings. The van der Waals surface area contributed by atoms with E-state index in [1.165, 1.54) is 0 Å². The predicted octanol–water partition coefficient (Wildman–Crippen LogP) is 2.24. The minimum Gasteiger partial charge on any atom is -0.393 e. The standard InChI is InChI=1S/C9H15N/c1-5-6-9(7-10-4)8(2)3/h5-7,10H,2H2,1,3-4H3/b6-5-,9-7+. The van der Waals surface area contributed by atoms with Gasteiger partial charge in [0.25, 0.3) is 0 Å². The van der Waals surface area contributed by atoms with E-state index in [1.807, 2.05) is 39.2 Å². The molecule has 0 spiro atoms. The maximum absolute atomic E-state index is 3.83. The van der Waals surface area contributed by atoms with Crippen molar-refractivity contribution < 1.29 is 0 Å². The monoisotopic (exact) mass is 137 g/mol. The SMILES string of the molecule is C=C(C)C(/C=C\C)=C/NC. The molecule has 0 bridgehead atoms. The van der Waals surface area contributed by atoms with Crippen LogP contribution < -0.4 is 5.32 Å². The lowest BCUT2D eigenvalue weighted by Gasteiger charge is -1.98. The molecule has 0 aromatic rings. The molecule has 0 heterocycles. The fraction of sp³-hybridized carbons (Fsp3) is 0.333. The lowest BCUT2D eigenvalue weighted by Crippen LogP contribution is -1.95. The maximum atomic E-state index is 3.83. The molecule has 56 valence electrons. The van der Waals surface area contributed by atoms with Gasteiger partial charge >= 0.3 is 0 Å². The fourth-order valence-electron chi connectivity index (χ4n) is 0.649. The first-order chi connectivity index (χ1) is 4.72. The first-order valence-electron chi connectivity index (χ1n) is 3.38. The van der Waals surface area contributed by atoms with Gasteiger partial charge in [0, 0.05) is 13.2 Å². The zero-order valence-corrected chi connectivity index (χ0v) is 6.94. The fourth-order valence-corrected chi connectivity index (χ4v) is 0.649. The van der Waals surface area contributed by atoms with Crippen LogP contribution in [0.15, 0.2) is 36.1 Å². The molecule has 0 aliphatic carbocycles. The molecule has 0 unspecified atom stereocenters. The van der Waals surface area contributed by atoms with Crippen LogP contribution in [0.4, 0.5) is 0 Å². The molecule has 0 aromatic heterocycles. The van der Waals surface area contributed by atoms with Crippen molar-refractivity contribution in [3.05, 3.63) is 36.1 Å². The topological polar surface area (TPSA) is 12.0 Å². The molecule has 0 aromatic carbocycles. The average Bonchev–Trinajstić information content (AvgIpc) is 1.87. The molecule has 1 heteroatoms. The van der Waals surface area contributed by atoms with Gasteiger partial charge in [0.05, 0.1) is 0 Å². The summed E-state index contributed by atoms with van der Waals surface area (Å²) in [5.41, 5.74) is 2.22. The zero-order chi connectivity index (χ0) is 7.98. The van der Waals surface area contributed by atoms with Crippen molar-refractivity contribution >= 4 is 0 Å². The number of hydrogen-bond donors (Lipinski definition) is 1. The molecule has 1 nitrogen and oxygen atoms in total. The van der Waals surface area contributed by atoms with Gasteiger partial charge in [-0.25, -0.2) is 0 Å². The van der Waals surface area contributed by atoms with Crippen LogP contribution in [-0.4, -0.2) is 7.05 Å². The van der Waals surface area contributed by atoms with E-state index < -0.39 is 0 Å². The number of nitrogens with one attached hydrogen (secondary N) is 1. The zero-order valence-electron chi connectivity index (χ0n) is 6.94. The lowest BCUT2D eigenvalue weighted by molar-refractivity contribution is 1.09. The highest BCUT2D eigenvalue weighted by molar-refractivity contribution is 5.35. The summed E-state index contributed by atoms with van der Waals surface area (Å²) in [5.74, 6) is 0. The molecule has 0 rings (SSSR count). The largest absolute Gasteiger partial charge is 0.393 e. The van der Waals surface area contributed by atoms with Crippen LogP contribution in [0.3, 0.4) is 0 Å². The van der Waals surface area contributed by atoms with Gasteiger partial charge < -0.3 is 5.32 Å². The van der Waals surface area contributed by atoms with Crippen LogP contribution in [0.5, 0.6) is 0 Å². The van der Waals surface area contributed by atoms with Crippen molar-refractivity contribution in [2.75, 3.05) is 7.05 Å². The van der Waals surface area contributed by atoms with E-state index in [4.69, 9.17) is 0 Å². The van der Waals surface area contributed by atoms with Crippen molar-refractivity contribution in [1.82, 2.24) is 5.32 Å². The molecule has 0 amide bonds. The van der Waals surface area contributed by atoms with E-state index in [1.54, 1.807) is 0 Å². The summed E-state index contributed by atoms with van der Waals surface area (Å²) in [4.78, 5) is 0. The molecule has 0 saturated heterocycles. The summed E-state index contributed by atoms with van der Waals surface area (Å²) >= 11 is 0. The van der Waals surface area contributed by atoms with Gasteiger partial charge in [-0.05, 0) is 25.0 Å². The van der Waals surface area contributed by atoms with Crippen LogP contribution in [-0.2, 0) is 0 Å². The van der Waals surface area contributed by atoms with Crippen LogP contribution >= 0.6 is 0 Å². The van der Waals surface area contributed by atoms with E-state index in [2.05, 4.69) is 11.9 Å². The van der Waals surface area contributed by atoms with E-state index in [0.717, 1.165) is 11.1 Å². The van der Waals surface area contributed by atoms with Crippen molar-refractivity contribution in [2.24, 2.45) is 0 Å². The van der Waals surface area contributed by atoms with E-state index in [-0.39, 0.29) is 0 Å². The minimum absolute atomic E-state index is 1.08. The normalized spacial score (nSPS) is 12.1. The van der Waals surface area contributed by atoms with Crippen LogP contribution in [0.25, 0.3) is 0 Å². The van der Waals surface area contributed by atoms with E-state index in [0.29, 0.717) is 0 Å². The summed E-state index contributed by atoms with van der Waals surface area (Å²) in [7, 11) is 1.88. The van der Waals surface area contributed by atoms with Gasteiger partial charge in [-0.1, -0.05) is 18.7 Å². The smallest absolute Gasteiger partial charge is 0.00375 e. The van der Waals surface area contributed by atoms with Gasteiger partial charge in [-0.3, -0.25) is 0 Å². The van der Waals surface area contributed by atoms with Gasteiger partial charge in [0.2, 0.25) is 0 Å². The van der Waals surface area contributed by atoms with Crippen molar-refractivity contribution in [1.29, 1.82) is 0 Å². The second kappa shape index (κ2) is 4.86. The second-order valence-corrected chi connectivity index (χ2v) is 2.17. The Balaban J connectivity index is 4.26. The van der Waals surface area contributed by atoms with Gasteiger partial charge in [-0.2, -0.15) is 0 Å². The Bertz CT molecular complexity index is 164. The van der Waals surface area contributed by atoms with E-state index in [9.17, 15) is 0 Å². The highest BCUT2D eigenvalue weighted by Gasteiger charge is 1.88. The van der Waals surface area contributed by atoms with E-state index >= 15 is 0 Å². The Labute approximate surface area is 63.1 Å². The van der Waals surface area contributed by atoms with Crippen LogP contribution in [0.2, 0.25) is 0 Å². The van der Waals surface area contributed by atoms with Gasteiger partial charge in [0.1, 0.15) is 0 Å². The molecular weight excluding hydrogens is 122 g/mol.